The van der Waals surface area contributed by atoms with Crippen LogP contribution in [0.15, 0.2) is 36.0 Å². The number of hydrogen-bond acceptors (Lipinski definition) is 5. The fourth-order valence-electron chi connectivity index (χ4n) is 2.64. The van der Waals surface area contributed by atoms with Gasteiger partial charge >= 0.3 is 0 Å². The topological polar surface area (TPSA) is 80.0 Å². The molecule has 6 nitrogen and oxygen atoms in total. The van der Waals surface area contributed by atoms with Gasteiger partial charge in [0.05, 0.1) is 12.8 Å². The van der Waals surface area contributed by atoms with Gasteiger partial charge in [-0.3, -0.25) is 4.79 Å². The molecule has 1 aromatic carbocycles. The van der Waals surface area contributed by atoms with E-state index in [4.69, 9.17) is 5.11 Å². The normalized spacial score (nSPS) is 13.8. The number of aliphatic hydroxyl groups is 1. The zero-order valence-electron chi connectivity index (χ0n) is 13.8. The second-order valence-electron chi connectivity index (χ2n) is 6.21. The summed E-state index contributed by atoms with van der Waals surface area (Å²) in [6.07, 6.45) is 5.80. The van der Waals surface area contributed by atoms with E-state index in [9.17, 15) is 4.79 Å². The third-order valence-corrected chi connectivity index (χ3v) is 5.04. The molecule has 0 aliphatic heterocycles. The molecule has 4 rings (SSSR count). The quantitative estimate of drug-likeness (QED) is 0.738. The van der Waals surface area contributed by atoms with E-state index in [1.165, 1.54) is 11.3 Å². The second-order valence-corrected chi connectivity index (χ2v) is 7.15. The second kappa shape index (κ2) is 6.42. The molecule has 0 bridgehead atoms. The highest BCUT2D eigenvalue weighted by atomic mass is 32.1. The monoisotopic (exact) mass is 354 g/mol. The summed E-state index contributed by atoms with van der Waals surface area (Å²) in [5.41, 5.74) is 3.65. The van der Waals surface area contributed by atoms with Crippen molar-refractivity contribution in [2.45, 2.75) is 32.4 Å². The Kier molecular flexibility index (Phi) is 4.10. The molecular weight excluding hydrogens is 336 g/mol. The summed E-state index contributed by atoms with van der Waals surface area (Å²) in [7, 11) is 0. The van der Waals surface area contributed by atoms with Crippen LogP contribution in [0.25, 0.3) is 16.9 Å². The van der Waals surface area contributed by atoms with Gasteiger partial charge in [-0.25, -0.2) is 9.67 Å². The van der Waals surface area contributed by atoms with Gasteiger partial charge in [0.25, 0.3) is 5.91 Å². The summed E-state index contributed by atoms with van der Waals surface area (Å²) in [5, 5.41) is 19.0. The molecule has 0 spiro atoms. The molecular formula is C18H18N4O2S. The van der Waals surface area contributed by atoms with Crippen LogP contribution >= 0.6 is 11.3 Å². The maximum absolute atomic E-state index is 12.3. The van der Waals surface area contributed by atoms with Crippen molar-refractivity contribution in [2.75, 3.05) is 0 Å². The SMILES string of the molecule is Cc1ccc(C(=O)NC2CC2)cc1-c1cnn(-c2csc(CO)n2)c1. The van der Waals surface area contributed by atoms with Crippen LogP contribution in [0.1, 0.15) is 33.8 Å². The number of carbonyl (C=O) groups is 1. The molecule has 128 valence electrons. The summed E-state index contributed by atoms with van der Waals surface area (Å²) >= 11 is 1.40. The van der Waals surface area contributed by atoms with E-state index in [1.54, 1.807) is 10.9 Å². The number of nitrogens with zero attached hydrogens (tertiary/aromatic N) is 3. The number of nitrogens with one attached hydrogen (secondary N) is 1. The molecule has 7 heteroatoms. The Labute approximate surface area is 149 Å². The van der Waals surface area contributed by atoms with Crippen LogP contribution in [0.2, 0.25) is 0 Å². The van der Waals surface area contributed by atoms with Crippen molar-refractivity contribution in [1.29, 1.82) is 0 Å². The van der Waals surface area contributed by atoms with Gasteiger partial charge in [0.1, 0.15) is 5.01 Å². The summed E-state index contributed by atoms with van der Waals surface area (Å²) in [5.74, 6) is 0.656. The Hall–Kier alpha value is -2.51. The maximum atomic E-state index is 12.3. The van der Waals surface area contributed by atoms with Gasteiger partial charge in [-0.05, 0) is 43.0 Å². The number of carbonyl (C=O) groups excluding carboxylic acids is 1. The number of thiazole rings is 1. The van der Waals surface area contributed by atoms with Crippen LogP contribution in [0, 0.1) is 6.92 Å². The maximum Gasteiger partial charge on any atom is 0.251 e. The number of aryl methyl sites for hydroxylation is 1. The van der Waals surface area contributed by atoms with Gasteiger partial charge in [-0.2, -0.15) is 5.10 Å². The summed E-state index contributed by atoms with van der Waals surface area (Å²) in [6.45, 7) is 1.94. The zero-order chi connectivity index (χ0) is 17.4. The molecule has 2 N–H and O–H groups in total. The van der Waals surface area contributed by atoms with Crippen molar-refractivity contribution in [2.24, 2.45) is 0 Å². The third-order valence-electron chi connectivity index (χ3n) is 4.22. The number of aliphatic hydroxyl groups excluding tert-OH is 1. The molecule has 2 heterocycles. The molecule has 3 aromatic rings. The molecule has 1 amide bonds. The van der Waals surface area contributed by atoms with Gasteiger partial charge in [0, 0.05) is 28.7 Å². The minimum Gasteiger partial charge on any atom is -0.389 e. The minimum atomic E-state index is -0.0734. The highest BCUT2D eigenvalue weighted by molar-refractivity contribution is 7.09. The van der Waals surface area contributed by atoms with E-state index < -0.39 is 0 Å². The predicted molar refractivity (Wildman–Crippen MR) is 95.8 cm³/mol. The molecule has 1 fully saturated rings. The fourth-order valence-corrected chi connectivity index (χ4v) is 3.26. The Morgan fingerprint density at radius 2 is 2.28 bits per heavy atom. The van der Waals surface area contributed by atoms with Crippen molar-refractivity contribution in [3.8, 4) is 16.9 Å². The number of amides is 1. The lowest BCUT2D eigenvalue weighted by Gasteiger charge is -2.08. The molecule has 0 radical (unpaired) electrons. The molecule has 25 heavy (non-hydrogen) atoms. The lowest BCUT2D eigenvalue weighted by molar-refractivity contribution is 0.0951. The van der Waals surface area contributed by atoms with Crippen molar-refractivity contribution in [3.63, 3.8) is 0 Å². The lowest BCUT2D eigenvalue weighted by atomic mass is 10.0. The van der Waals surface area contributed by atoms with Gasteiger partial charge in [-0.15, -0.1) is 11.3 Å². The lowest BCUT2D eigenvalue weighted by Crippen LogP contribution is -2.25. The molecule has 1 aliphatic carbocycles. The van der Waals surface area contributed by atoms with Gasteiger partial charge in [0.15, 0.2) is 5.82 Å². The predicted octanol–water partition coefficient (Wildman–Crippen LogP) is 2.69. The Morgan fingerprint density at radius 3 is 3.00 bits per heavy atom. The fraction of sp³-hybridized carbons (Fsp3) is 0.278. The Balaban J connectivity index is 1.63. The van der Waals surface area contributed by atoms with Crippen LogP contribution < -0.4 is 5.32 Å². The van der Waals surface area contributed by atoms with Crippen LogP contribution in [0.5, 0.6) is 0 Å². The van der Waals surface area contributed by atoms with Crippen molar-refractivity contribution < 1.29 is 9.90 Å². The number of rotatable bonds is 5. The van der Waals surface area contributed by atoms with Crippen LogP contribution in [0.4, 0.5) is 0 Å². The Morgan fingerprint density at radius 1 is 1.44 bits per heavy atom. The van der Waals surface area contributed by atoms with E-state index in [-0.39, 0.29) is 12.5 Å². The first-order valence-corrected chi connectivity index (χ1v) is 9.04. The summed E-state index contributed by atoms with van der Waals surface area (Å²) in [6, 6.07) is 6.07. The molecule has 0 saturated heterocycles. The number of hydrogen-bond donors (Lipinski definition) is 2. The van der Waals surface area contributed by atoms with Gasteiger partial charge in [-0.1, -0.05) is 6.07 Å². The van der Waals surface area contributed by atoms with E-state index in [0.29, 0.717) is 22.4 Å². The van der Waals surface area contributed by atoms with Crippen molar-refractivity contribution >= 4 is 17.2 Å². The first kappa shape index (κ1) is 16.0. The number of aromatic nitrogens is 3. The van der Waals surface area contributed by atoms with Crippen LogP contribution in [-0.4, -0.2) is 31.8 Å². The minimum absolute atomic E-state index is 0.0248. The van der Waals surface area contributed by atoms with Crippen LogP contribution in [0.3, 0.4) is 0 Å². The van der Waals surface area contributed by atoms with E-state index in [2.05, 4.69) is 15.4 Å². The average Bonchev–Trinajstić information content (AvgIpc) is 3.12. The molecule has 1 saturated carbocycles. The highest BCUT2D eigenvalue weighted by Crippen LogP contribution is 2.26. The standard InChI is InChI=1S/C18H18N4O2S/c1-11-2-3-12(18(24)20-14-4-5-14)6-15(11)13-7-19-22(8-13)16-10-25-17(9-23)21-16/h2-3,6-8,10,14,23H,4-5,9H2,1H3,(H,20,24). The average molecular weight is 354 g/mol. The molecule has 0 atom stereocenters. The third kappa shape index (κ3) is 3.33. The van der Waals surface area contributed by atoms with Gasteiger partial charge < -0.3 is 10.4 Å². The van der Waals surface area contributed by atoms with Crippen LogP contribution in [-0.2, 0) is 6.61 Å². The number of benzene rings is 1. The van der Waals surface area contributed by atoms with Crippen molar-refractivity contribution in [1.82, 2.24) is 20.1 Å². The highest BCUT2D eigenvalue weighted by Gasteiger charge is 2.24. The molecule has 2 aromatic heterocycles. The molecule has 1 aliphatic rings. The molecule has 0 unspecified atom stereocenters. The van der Waals surface area contributed by atoms with Gasteiger partial charge in [0.2, 0.25) is 0 Å². The first-order valence-electron chi connectivity index (χ1n) is 8.16. The van der Waals surface area contributed by atoms with E-state index in [0.717, 1.165) is 29.5 Å². The zero-order valence-corrected chi connectivity index (χ0v) is 14.6. The van der Waals surface area contributed by atoms with E-state index >= 15 is 0 Å². The Bertz CT molecular complexity index is 927. The largest absolute Gasteiger partial charge is 0.389 e. The summed E-state index contributed by atoms with van der Waals surface area (Å²) in [4.78, 5) is 16.6. The smallest absolute Gasteiger partial charge is 0.251 e. The first-order chi connectivity index (χ1) is 12.1. The summed E-state index contributed by atoms with van der Waals surface area (Å²) < 4.78 is 1.68. The van der Waals surface area contributed by atoms with Crippen molar-refractivity contribution in [3.05, 3.63) is 52.1 Å². The van der Waals surface area contributed by atoms with E-state index in [1.807, 2.05) is 36.7 Å².